The van der Waals surface area contributed by atoms with E-state index in [0.717, 1.165) is 6.07 Å². The van der Waals surface area contributed by atoms with Crippen LogP contribution < -0.4 is 5.73 Å². The van der Waals surface area contributed by atoms with Crippen LogP contribution in [0.1, 0.15) is 16.8 Å². The molecule has 0 fully saturated rings. The molecule has 0 aliphatic heterocycles. The number of amidine groups is 1. The number of amides is 1. The lowest BCUT2D eigenvalue weighted by molar-refractivity contribution is 0.0790. The largest absolute Gasteiger partial charge is 0.507 e. The highest BCUT2D eigenvalue weighted by Gasteiger charge is 2.20. The molecule has 1 aromatic carbocycles. The molecule has 0 aliphatic rings. The van der Waals surface area contributed by atoms with Crippen molar-refractivity contribution in [1.82, 2.24) is 4.90 Å². The first-order valence-corrected chi connectivity index (χ1v) is 5.16. The smallest absolute Gasteiger partial charge is 0.260 e. The quantitative estimate of drug-likeness (QED) is 0.320. The normalized spacial score (nSPS) is 11.3. The lowest BCUT2D eigenvalue weighted by Crippen LogP contribution is -2.31. The van der Waals surface area contributed by atoms with Gasteiger partial charge in [0.2, 0.25) is 0 Å². The number of halogens is 1. The highest BCUT2D eigenvalue weighted by molar-refractivity contribution is 5.97. The Labute approximate surface area is 103 Å². The first kappa shape index (κ1) is 13.8. The van der Waals surface area contributed by atoms with Gasteiger partial charge in [0.15, 0.2) is 0 Å². The summed E-state index contributed by atoms with van der Waals surface area (Å²) in [4.78, 5) is 13.0. The van der Waals surface area contributed by atoms with Crippen molar-refractivity contribution in [3.63, 3.8) is 0 Å². The Morgan fingerprint density at radius 1 is 1.56 bits per heavy atom. The third-order valence-electron chi connectivity index (χ3n) is 2.38. The van der Waals surface area contributed by atoms with Gasteiger partial charge >= 0.3 is 0 Å². The van der Waals surface area contributed by atoms with Gasteiger partial charge in [-0.15, -0.1) is 0 Å². The van der Waals surface area contributed by atoms with Crippen LogP contribution >= 0.6 is 0 Å². The van der Waals surface area contributed by atoms with Crippen molar-refractivity contribution in [3.05, 3.63) is 29.6 Å². The fourth-order valence-electron chi connectivity index (χ4n) is 1.35. The Hall–Kier alpha value is -2.31. The fraction of sp³-hybridized carbons (Fsp3) is 0.273. The predicted molar refractivity (Wildman–Crippen MR) is 63.1 cm³/mol. The van der Waals surface area contributed by atoms with Crippen molar-refractivity contribution >= 4 is 11.7 Å². The minimum Gasteiger partial charge on any atom is -0.507 e. The van der Waals surface area contributed by atoms with E-state index in [1.54, 1.807) is 0 Å². The van der Waals surface area contributed by atoms with Crippen LogP contribution in [0.3, 0.4) is 0 Å². The Kier molecular flexibility index (Phi) is 4.47. The number of phenols is 1. The number of oxime groups is 1. The topological polar surface area (TPSA) is 99.1 Å². The second-order valence-corrected chi connectivity index (χ2v) is 3.70. The molecule has 0 bridgehead atoms. The van der Waals surface area contributed by atoms with Crippen molar-refractivity contribution in [3.8, 4) is 5.75 Å². The van der Waals surface area contributed by atoms with E-state index in [2.05, 4.69) is 5.16 Å². The number of hydrogen-bond acceptors (Lipinski definition) is 4. The van der Waals surface area contributed by atoms with Crippen molar-refractivity contribution in [2.24, 2.45) is 10.9 Å². The summed E-state index contributed by atoms with van der Waals surface area (Å²) in [6.07, 6.45) is 0.147. The summed E-state index contributed by atoms with van der Waals surface area (Å²) in [6, 6.07) is 3.62. The van der Waals surface area contributed by atoms with Gasteiger partial charge < -0.3 is 20.9 Å². The Morgan fingerprint density at radius 2 is 2.22 bits per heavy atom. The number of nitrogens with two attached hydrogens (primary N) is 1. The monoisotopic (exact) mass is 255 g/mol. The molecule has 0 spiro atoms. The molecule has 0 saturated carbocycles. The zero-order chi connectivity index (χ0) is 13.7. The first-order valence-electron chi connectivity index (χ1n) is 5.16. The molecule has 0 unspecified atom stereocenters. The Bertz CT molecular complexity index is 456. The first-order chi connectivity index (χ1) is 8.47. The molecule has 0 saturated heterocycles. The molecule has 0 aromatic heterocycles. The zero-order valence-electron chi connectivity index (χ0n) is 9.80. The molecule has 1 rings (SSSR count). The molecule has 98 valence electrons. The summed E-state index contributed by atoms with van der Waals surface area (Å²) in [6.45, 7) is 0.141. The molecule has 0 atom stereocenters. The molecule has 4 N–H and O–H groups in total. The third kappa shape index (κ3) is 3.09. The molecule has 0 heterocycles. The van der Waals surface area contributed by atoms with Gasteiger partial charge in [-0.05, 0) is 12.1 Å². The van der Waals surface area contributed by atoms with Crippen LogP contribution in [0, 0.1) is 5.82 Å². The lowest BCUT2D eigenvalue weighted by Gasteiger charge is -2.17. The zero-order valence-corrected chi connectivity index (χ0v) is 9.80. The molecule has 0 aliphatic carbocycles. The minimum absolute atomic E-state index is 0.0348. The maximum Gasteiger partial charge on any atom is 0.260 e. The summed E-state index contributed by atoms with van der Waals surface area (Å²) in [5, 5.41) is 20.6. The maximum atomic E-state index is 13.4. The maximum absolute atomic E-state index is 13.4. The molecular formula is C11H14FN3O3. The van der Waals surface area contributed by atoms with Crippen LogP contribution in [-0.4, -0.2) is 40.5 Å². The van der Waals surface area contributed by atoms with Crippen molar-refractivity contribution in [1.29, 1.82) is 0 Å². The number of carbonyl (C=O) groups is 1. The molecule has 18 heavy (non-hydrogen) atoms. The van der Waals surface area contributed by atoms with Gasteiger partial charge in [-0.25, -0.2) is 4.39 Å². The lowest BCUT2D eigenvalue weighted by atomic mass is 10.1. The van der Waals surface area contributed by atoms with Gasteiger partial charge in [0.1, 0.15) is 23.0 Å². The number of aromatic hydroxyl groups is 1. The van der Waals surface area contributed by atoms with E-state index in [-0.39, 0.29) is 24.4 Å². The van der Waals surface area contributed by atoms with Gasteiger partial charge in [-0.1, -0.05) is 11.2 Å². The molecule has 7 heteroatoms. The predicted octanol–water partition coefficient (Wildman–Crippen LogP) is 0.740. The highest BCUT2D eigenvalue weighted by Crippen LogP contribution is 2.21. The van der Waals surface area contributed by atoms with Crippen LogP contribution in [0.15, 0.2) is 23.4 Å². The standard InChI is InChI=1S/C11H14FN3O3/c1-15(6-5-9(13)14-18)11(17)10-7(12)3-2-4-8(10)16/h2-4,16,18H,5-6H2,1H3,(H2,13,14). The van der Waals surface area contributed by atoms with Crippen molar-refractivity contribution < 1.29 is 19.5 Å². The van der Waals surface area contributed by atoms with E-state index in [9.17, 15) is 14.3 Å². The van der Waals surface area contributed by atoms with Gasteiger partial charge in [0.25, 0.3) is 5.91 Å². The van der Waals surface area contributed by atoms with Crippen molar-refractivity contribution in [2.75, 3.05) is 13.6 Å². The average molecular weight is 255 g/mol. The van der Waals surface area contributed by atoms with Gasteiger partial charge in [-0.3, -0.25) is 4.79 Å². The van der Waals surface area contributed by atoms with E-state index >= 15 is 0 Å². The second-order valence-electron chi connectivity index (χ2n) is 3.70. The SMILES string of the molecule is CN(CC/C(N)=N/O)C(=O)c1c(O)cccc1F. The molecular weight excluding hydrogens is 241 g/mol. The van der Waals surface area contributed by atoms with E-state index in [0.29, 0.717) is 0 Å². The fourth-order valence-corrected chi connectivity index (χ4v) is 1.35. The summed E-state index contributed by atoms with van der Waals surface area (Å²) in [5.41, 5.74) is 4.87. The minimum atomic E-state index is -0.796. The third-order valence-corrected chi connectivity index (χ3v) is 2.38. The van der Waals surface area contributed by atoms with E-state index in [1.807, 2.05) is 0 Å². The number of phenolic OH excluding ortho intramolecular Hbond substituents is 1. The van der Waals surface area contributed by atoms with Gasteiger partial charge in [-0.2, -0.15) is 0 Å². The van der Waals surface area contributed by atoms with E-state index < -0.39 is 17.5 Å². The number of benzene rings is 1. The number of rotatable bonds is 4. The van der Waals surface area contributed by atoms with Crippen LogP contribution in [0.4, 0.5) is 4.39 Å². The van der Waals surface area contributed by atoms with Crippen LogP contribution in [-0.2, 0) is 0 Å². The molecule has 0 radical (unpaired) electrons. The van der Waals surface area contributed by atoms with Crippen LogP contribution in [0.2, 0.25) is 0 Å². The summed E-state index contributed by atoms with van der Waals surface area (Å²) in [5.74, 6) is -1.92. The Morgan fingerprint density at radius 3 is 2.78 bits per heavy atom. The van der Waals surface area contributed by atoms with Crippen molar-refractivity contribution in [2.45, 2.75) is 6.42 Å². The second kappa shape index (κ2) is 5.85. The average Bonchev–Trinajstić information content (AvgIpc) is 2.34. The number of carbonyl (C=O) groups excluding carboxylic acids is 1. The highest BCUT2D eigenvalue weighted by atomic mass is 19.1. The van der Waals surface area contributed by atoms with Gasteiger partial charge in [0, 0.05) is 20.0 Å². The molecule has 1 aromatic rings. The number of nitrogens with zero attached hydrogens (tertiary/aromatic N) is 2. The molecule has 6 nitrogen and oxygen atoms in total. The van der Waals surface area contributed by atoms with E-state index in [1.165, 1.54) is 24.1 Å². The Balaban J connectivity index is 2.81. The molecule has 1 amide bonds. The number of hydrogen-bond donors (Lipinski definition) is 3. The van der Waals surface area contributed by atoms with Crippen LogP contribution in [0.5, 0.6) is 5.75 Å². The summed E-state index contributed by atoms with van der Waals surface area (Å²) in [7, 11) is 1.43. The summed E-state index contributed by atoms with van der Waals surface area (Å²) < 4.78 is 13.4. The van der Waals surface area contributed by atoms with Gasteiger partial charge in [0.05, 0.1) is 0 Å². The van der Waals surface area contributed by atoms with Crippen LogP contribution in [0.25, 0.3) is 0 Å². The summed E-state index contributed by atoms with van der Waals surface area (Å²) >= 11 is 0. The van der Waals surface area contributed by atoms with E-state index in [4.69, 9.17) is 10.9 Å².